The quantitative estimate of drug-likeness (QED) is 0.825. The fraction of sp³-hybridized carbons (Fsp3) is 0.188. The summed E-state index contributed by atoms with van der Waals surface area (Å²) in [6.07, 6.45) is 0. The Morgan fingerprint density at radius 3 is 2.43 bits per heavy atom. The van der Waals surface area contributed by atoms with Gasteiger partial charge in [0.15, 0.2) is 0 Å². The summed E-state index contributed by atoms with van der Waals surface area (Å²) in [5.74, 6) is -0.937. The Kier molecular flexibility index (Phi) is 4.91. The fourth-order valence-electron chi connectivity index (χ4n) is 2.15. The molecule has 0 aliphatic carbocycles. The summed E-state index contributed by atoms with van der Waals surface area (Å²) in [5, 5.41) is 10.0. The molecule has 1 N–H and O–H groups in total. The lowest BCUT2D eigenvalue weighted by atomic mass is 10.1. The van der Waals surface area contributed by atoms with Crippen LogP contribution in [0.3, 0.4) is 0 Å². The Morgan fingerprint density at radius 2 is 1.86 bits per heavy atom. The molecular weight excluding hydrogens is 354 g/mol. The van der Waals surface area contributed by atoms with Crippen molar-refractivity contribution in [2.24, 2.45) is 0 Å². The molecule has 21 heavy (non-hydrogen) atoms. The zero-order valence-corrected chi connectivity index (χ0v) is 14.0. The van der Waals surface area contributed by atoms with Crippen LogP contribution in [0.4, 0.5) is 5.69 Å². The molecule has 0 saturated carbocycles. The van der Waals surface area contributed by atoms with E-state index < -0.39 is 5.97 Å². The van der Waals surface area contributed by atoms with Crippen molar-refractivity contribution in [3.05, 3.63) is 63.1 Å². The minimum Gasteiger partial charge on any atom is -0.478 e. The molecule has 2 rings (SSSR count). The number of hydrogen-bond acceptors (Lipinski definition) is 2. The number of anilines is 1. The highest BCUT2D eigenvalue weighted by Crippen LogP contribution is 2.31. The Balaban J connectivity index is 2.39. The van der Waals surface area contributed by atoms with E-state index in [1.165, 1.54) is 0 Å². The second kappa shape index (κ2) is 6.50. The van der Waals surface area contributed by atoms with Crippen LogP contribution in [-0.2, 0) is 0 Å². The van der Waals surface area contributed by atoms with Crippen LogP contribution < -0.4 is 4.90 Å². The standard InChI is InChI=1S/C16H15BrClNO2/c1-10(11-3-6-13(18)7-4-11)19(2)15-9-12(17)5-8-14(15)16(20)21/h3-10H,1-2H3,(H,20,21). The van der Waals surface area contributed by atoms with E-state index in [0.717, 1.165) is 10.0 Å². The first kappa shape index (κ1) is 15.9. The molecule has 110 valence electrons. The van der Waals surface area contributed by atoms with E-state index in [0.29, 0.717) is 10.7 Å². The highest BCUT2D eigenvalue weighted by Gasteiger charge is 2.19. The van der Waals surface area contributed by atoms with Gasteiger partial charge in [-0.25, -0.2) is 4.79 Å². The number of nitrogens with zero attached hydrogens (tertiary/aromatic N) is 1. The minimum absolute atomic E-state index is 0.0228. The van der Waals surface area contributed by atoms with Crippen molar-refractivity contribution < 1.29 is 9.90 Å². The Labute approximate surface area is 137 Å². The first-order valence-electron chi connectivity index (χ1n) is 6.41. The number of halogens is 2. The molecule has 0 radical (unpaired) electrons. The molecule has 2 aromatic rings. The molecule has 0 aliphatic rings. The van der Waals surface area contributed by atoms with Crippen molar-refractivity contribution in [3.63, 3.8) is 0 Å². The average molecular weight is 369 g/mol. The molecule has 0 heterocycles. The summed E-state index contributed by atoms with van der Waals surface area (Å²) >= 11 is 9.29. The number of rotatable bonds is 4. The van der Waals surface area contributed by atoms with Gasteiger partial charge in [-0.05, 0) is 42.8 Å². The third-order valence-corrected chi connectivity index (χ3v) is 4.25. The second-order valence-electron chi connectivity index (χ2n) is 4.81. The van der Waals surface area contributed by atoms with Gasteiger partial charge in [-0.2, -0.15) is 0 Å². The van der Waals surface area contributed by atoms with Crippen molar-refractivity contribution in [3.8, 4) is 0 Å². The van der Waals surface area contributed by atoms with Crippen molar-refractivity contribution in [2.45, 2.75) is 13.0 Å². The monoisotopic (exact) mass is 367 g/mol. The highest BCUT2D eigenvalue weighted by molar-refractivity contribution is 9.10. The van der Waals surface area contributed by atoms with Crippen LogP contribution in [0.15, 0.2) is 46.9 Å². The van der Waals surface area contributed by atoms with Crippen LogP contribution in [0.2, 0.25) is 5.02 Å². The van der Waals surface area contributed by atoms with E-state index in [1.54, 1.807) is 12.1 Å². The largest absolute Gasteiger partial charge is 0.478 e. The number of carboxylic acids is 1. The molecule has 0 spiro atoms. The maximum absolute atomic E-state index is 11.4. The molecule has 0 aromatic heterocycles. The lowest BCUT2D eigenvalue weighted by Gasteiger charge is -2.29. The second-order valence-corrected chi connectivity index (χ2v) is 6.16. The molecule has 0 bridgehead atoms. The van der Waals surface area contributed by atoms with Crippen molar-refractivity contribution in [2.75, 3.05) is 11.9 Å². The Bertz CT molecular complexity index is 658. The third kappa shape index (κ3) is 3.57. The maximum atomic E-state index is 11.4. The zero-order chi connectivity index (χ0) is 15.6. The SMILES string of the molecule is CC(c1ccc(Cl)cc1)N(C)c1cc(Br)ccc1C(=O)O. The fourth-order valence-corrected chi connectivity index (χ4v) is 2.63. The van der Waals surface area contributed by atoms with E-state index in [2.05, 4.69) is 15.9 Å². The molecule has 3 nitrogen and oxygen atoms in total. The minimum atomic E-state index is -0.937. The van der Waals surface area contributed by atoms with Gasteiger partial charge in [-0.3, -0.25) is 0 Å². The van der Waals surface area contributed by atoms with Crippen LogP contribution >= 0.6 is 27.5 Å². The van der Waals surface area contributed by atoms with Crippen LogP contribution in [-0.4, -0.2) is 18.1 Å². The molecule has 2 aromatic carbocycles. The van der Waals surface area contributed by atoms with Gasteiger partial charge in [0.2, 0.25) is 0 Å². The molecule has 0 fully saturated rings. The van der Waals surface area contributed by atoms with Crippen molar-refractivity contribution in [1.29, 1.82) is 0 Å². The molecule has 0 amide bonds. The van der Waals surface area contributed by atoms with E-state index in [9.17, 15) is 9.90 Å². The summed E-state index contributed by atoms with van der Waals surface area (Å²) in [6, 6.07) is 12.7. The first-order chi connectivity index (χ1) is 9.90. The van der Waals surface area contributed by atoms with Gasteiger partial charge in [0, 0.05) is 16.5 Å². The van der Waals surface area contributed by atoms with Crippen molar-refractivity contribution >= 4 is 39.2 Å². The van der Waals surface area contributed by atoms with Gasteiger partial charge in [0.1, 0.15) is 0 Å². The van der Waals surface area contributed by atoms with Crippen LogP contribution in [0.1, 0.15) is 28.9 Å². The third-order valence-electron chi connectivity index (χ3n) is 3.50. The van der Waals surface area contributed by atoms with E-state index in [1.807, 2.05) is 49.2 Å². The maximum Gasteiger partial charge on any atom is 0.337 e. The van der Waals surface area contributed by atoms with Gasteiger partial charge in [0.25, 0.3) is 0 Å². The molecule has 1 atom stereocenters. The molecule has 5 heteroatoms. The summed E-state index contributed by atoms with van der Waals surface area (Å²) in [7, 11) is 1.88. The lowest BCUT2D eigenvalue weighted by Crippen LogP contribution is -2.23. The summed E-state index contributed by atoms with van der Waals surface area (Å²) in [5.41, 5.74) is 2.01. The summed E-state index contributed by atoms with van der Waals surface area (Å²) in [6.45, 7) is 2.02. The summed E-state index contributed by atoms with van der Waals surface area (Å²) < 4.78 is 0.845. The molecule has 0 saturated heterocycles. The average Bonchev–Trinajstić information content (AvgIpc) is 2.46. The smallest absolute Gasteiger partial charge is 0.337 e. The molecule has 1 unspecified atom stereocenters. The van der Waals surface area contributed by atoms with Gasteiger partial charge in [-0.15, -0.1) is 0 Å². The molecule has 0 aliphatic heterocycles. The highest BCUT2D eigenvalue weighted by atomic mass is 79.9. The predicted molar refractivity (Wildman–Crippen MR) is 89.4 cm³/mol. The predicted octanol–water partition coefficient (Wildman–Crippen LogP) is 5.00. The van der Waals surface area contributed by atoms with Gasteiger partial charge >= 0.3 is 5.97 Å². The molecular formula is C16H15BrClNO2. The van der Waals surface area contributed by atoms with Crippen LogP contribution in [0.5, 0.6) is 0 Å². The Morgan fingerprint density at radius 1 is 1.24 bits per heavy atom. The van der Waals surface area contributed by atoms with Crippen molar-refractivity contribution in [1.82, 2.24) is 0 Å². The normalized spacial score (nSPS) is 12.0. The first-order valence-corrected chi connectivity index (χ1v) is 7.58. The van der Waals surface area contributed by atoms with Gasteiger partial charge in [-0.1, -0.05) is 39.7 Å². The van der Waals surface area contributed by atoms with Crippen LogP contribution in [0, 0.1) is 0 Å². The number of hydrogen-bond donors (Lipinski definition) is 1. The number of carboxylic acid groups (broad SMARTS) is 1. The number of benzene rings is 2. The lowest BCUT2D eigenvalue weighted by molar-refractivity contribution is 0.0697. The zero-order valence-electron chi connectivity index (χ0n) is 11.7. The summed E-state index contributed by atoms with van der Waals surface area (Å²) in [4.78, 5) is 13.3. The van der Waals surface area contributed by atoms with Gasteiger partial charge < -0.3 is 10.0 Å². The van der Waals surface area contributed by atoms with Gasteiger partial charge in [0.05, 0.1) is 17.3 Å². The number of carbonyl (C=O) groups is 1. The number of aromatic carboxylic acids is 1. The van der Waals surface area contributed by atoms with Crippen LogP contribution in [0.25, 0.3) is 0 Å². The van der Waals surface area contributed by atoms with E-state index in [4.69, 9.17) is 11.6 Å². The Hall–Kier alpha value is -1.52. The topological polar surface area (TPSA) is 40.5 Å². The van der Waals surface area contributed by atoms with E-state index >= 15 is 0 Å². The van der Waals surface area contributed by atoms with E-state index in [-0.39, 0.29) is 11.6 Å².